The maximum Gasteiger partial charge on any atom is 0.221 e. The topological polar surface area (TPSA) is 64.6 Å². The third kappa shape index (κ3) is 6.01. The minimum Gasteiger partial charge on any atom is -0.483 e. The molecule has 1 aliphatic rings. The number of fused-ring (bicyclic) bond motifs is 1. The number of hydrogen-bond donors (Lipinski definition) is 1. The second-order valence-electron chi connectivity index (χ2n) is 7.63. The van der Waals surface area contributed by atoms with Crippen LogP contribution < -0.4 is 14.8 Å². The molecule has 1 heterocycles. The Kier molecular flexibility index (Phi) is 7.02. The van der Waals surface area contributed by atoms with Crippen molar-refractivity contribution in [3.05, 3.63) is 58.6 Å². The van der Waals surface area contributed by atoms with Gasteiger partial charge in [-0.05, 0) is 44.2 Å². The molecule has 0 radical (unpaired) electrons. The number of halogens is 1. The first-order chi connectivity index (χ1) is 14.3. The molecule has 156 valence electrons. The van der Waals surface area contributed by atoms with Crippen molar-refractivity contribution in [1.29, 1.82) is 0 Å². The van der Waals surface area contributed by atoms with Gasteiger partial charge < -0.3 is 14.8 Å². The largest absolute Gasteiger partial charge is 0.483 e. The van der Waals surface area contributed by atoms with Crippen LogP contribution in [0.4, 0.5) is 0 Å². The van der Waals surface area contributed by atoms with Gasteiger partial charge in [-0.15, -0.1) is 0 Å². The van der Waals surface area contributed by atoms with Crippen molar-refractivity contribution in [2.75, 3.05) is 13.2 Å². The van der Waals surface area contributed by atoms with Crippen LogP contribution in [0.2, 0.25) is 5.02 Å². The first-order valence-corrected chi connectivity index (χ1v) is 10.2. The van der Waals surface area contributed by atoms with Gasteiger partial charge in [0.25, 0.3) is 0 Å². The number of ketones is 1. The summed E-state index contributed by atoms with van der Waals surface area (Å²) < 4.78 is 11.7. The molecule has 0 aromatic heterocycles. The third-order valence-corrected chi connectivity index (χ3v) is 4.85. The molecular formula is C24H24ClNO4. The van der Waals surface area contributed by atoms with Crippen molar-refractivity contribution in [2.45, 2.75) is 38.7 Å². The monoisotopic (exact) mass is 425 g/mol. The lowest BCUT2D eigenvalue weighted by Crippen LogP contribution is -2.24. The number of Topliss-reactive ketones (excluding diaryl/α,β-unsaturated/α-hetero) is 1. The van der Waals surface area contributed by atoms with Gasteiger partial charge in [0, 0.05) is 35.4 Å². The molecule has 0 fully saturated rings. The molecular weight excluding hydrogens is 402 g/mol. The number of nitrogens with one attached hydrogen (secondary N) is 1. The average molecular weight is 426 g/mol. The molecule has 0 atom stereocenters. The highest BCUT2D eigenvalue weighted by atomic mass is 35.5. The molecule has 1 N–H and O–H groups in total. The number of rotatable bonds is 7. The maximum atomic E-state index is 12.1. The van der Waals surface area contributed by atoms with E-state index in [1.54, 1.807) is 24.3 Å². The van der Waals surface area contributed by atoms with Gasteiger partial charge in [-0.2, -0.15) is 0 Å². The van der Waals surface area contributed by atoms with Crippen molar-refractivity contribution in [3.63, 3.8) is 0 Å². The Morgan fingerprint density at radius 2 is 1.90 bits per heavy atom. The van der Waals surface area contributed by atoms with Crippen molar-refractivity contribution < 1.29 is 19.1 Å². The molecule has 0 unspecified atom stereocenters. The Morgan fingerprint density at radius 3 is 2.67 bits per heavy atom. The fourth-order valence-corrected chi connectivity index (χ4v) is 3.29. The molecule has 1 aliphatic heterocycles. The van der Waals surface area contributed by atoms with Crippen LogP contribution >= 0.6 is 11.6 Å². The summed E-state index contributed by atoms with van der Waals surface area (Å²) in [5.41, 5.74) is 1.45. The van der Waals surface area contributed by atoms with Crippen molar-refractivity contribution in [2.24, 2.45) is 0 Å². The Bertz CT molecular complexity index is 987. The predicted molar refractivity (Wildman–Crippen MR) is 116 cm³/mol. The van der Waals surface area contributed by atoms with Gasteiger partial charge in [-0.25, -0.2) is 0 Å². The van der Waals surface area contributed by atoms with Crippen LogP contribution in [0.3, 0.4) is 0 Å². The molecule has 3 rings (SSSR count). The average Bonchev–Trinajstić information content (AvgIpc) is 3.03. The quantitative estimate of drug-likeness (QED) is 0.533. The van der Waals surface area contributed by atoms with Gasteiger partial charge in [0.1, 0.15) is 12.2 Å². The highest BCUT2D eigenvalue weighted by Crippen LogP contribution is 2.41. The zero-order valence-corrected chi connectivity index (χ0v) is 17.8. The molecule has 0 aliphatic carbocycles. The second-order valence-corrected chi connectivity index (χ2v) is 8.07. The lowest BCUT2D eigenvalue weighted by atomic mass is 10.0. The van der Waals surface area contributed by atoms with E-state index in [4.69, 9.17) is 21.1 Å². The normalized spacial score (nSPS) is 13.4. The van der Waals surface area contributed by atoms with Crippen LogP contribution in [0, 0.1) is 11.8 Å². The van der Waals surface area contributed by atoms with Crippen LogP contribution in [0.25, 0.3) is 0 Å². The minimum atomic E-state index is -0.229. The zero-order valence-electron chi connectivity index (χ0n) is 17.1. The van der Waals surface area contributed by atoms with E-state index in [0.29, 0.717) is 16.3 Å². The molecule has 2 aromatic carbocycles. The first-order valence-electron chi connectivity index (χ1n) is 9.79. The third-order valence-electron chi connectivity index (χ3n) is 4.60. The Labute approximate surface area is 181 Å². The second kappa shape index (κ2) is 9.69. The van der Waals surface area contributed by atoms with Crippen molar-refractivity contribution in [3.8, 4) is 23.3 Å². The van der Waals surface area contributed by atoms with E-state index < -0.39 is 0 Å². The van der Waals surface area contributed by atoms with E-state index in [1.807, 2.05) is 32.0 Å². The molecule has 6 heteroatoms. The number of para-hydroxylation sites is 1. The van der Waals surface area contributed by atoms with Crippen LogP contribution in [-0.2, 0) is 11.2 Å². The molecule has 0 saturated carbocycles. The summed E-state index contributed by atoms with van der Waals surface area (Å²) in [6, 6.07) is 12.5. The van der Waals surface area contributed by atoms with Gasteiger partial charge in [-0.3, -0.25) is 9.59 Å². The molecule has 2 aromatic rings. The number of benzene rings is 2. The Morgan fingerprint density at radius 1 is 1.13 bits per heavy atom. The molecule has 30 heavy (non-hydrogen) atoms. The fourth-order valence-electron chi connectivity index (χ4n) is 3.17. The van der Waals surface area contributed by atoms with Crippen LogP contribution in [-0.4, -0.2) is 30.4 Å². The maximum absolute atomic E-state index is 12.1. The Hall–Kier alpha value is -2.97. The number of ether oxygens (including phenoxy) is 2. The number of carbonyl (C=O) groups is 2. The minimum absolute atomic E-state index is 0.0953. The van der Waals surface area contributed by atoms with E-state index in [0.717, 1.165) is 17.7 Å². The van der Waals surface area contributed by atoms with E-state index >= 15 is 0 Å². The summed E-state index contributed by atoms with van der Waals surface area (Å²) in [6.45, 7) is 4.49. The summed E-state index contributed by atoms with van der Waals surface area (Å²) in [6.07, 6.45) is 1.10. The van der Waals surface area contributed by atoms with Gasteiger partial charge >= 0.3 is 0 Å². The van der Waals surface area contributed by atoms with E-state index in [-0.39, 0.29) is 43.3 Å². The lowest BCUT2D eigenvalue weighted by molar-refractivity contribution is -0.120. The van der Waals surface area contributed by atoms with E-state index in [9.17, 15) is 9.59 Å². The summed E-state index contributed by atoms with van der Waals surface area (Å²) >= 11 is 5.80. The summed E-state index contributed by atoms with van der Waals surface area (Å²) in [5, 5.41) is 3.25. The van der Waals surface area contributed by atoms with Gasteiger partial charge in [0.05, 0.1) is 6.54 Å². The summed E-state index contributed by atoms with van der Waals surface area (Å²) in [7, 11) is 0. The summed E-state index contributed by atoms with van der Waals surface area (Å²) in [4.78, 5) is 23.9. The van der Waals surface area contributed by atoms with Gasteiger partial charge in [-0.1, -0.05) is 35.6 Å². The molecule has 1 amide bonds. The number of carbonyl (C=O) groups excluding carboxylic acids is 2. The zero-order chi connectivity index (χ0) is 21.6. The fraction of sp³-hybridized carbons (Fsp3) is 0.333. The highest BCUT2D eigenvalue weighted by Gasteiger charge is 2.32. The SMILES string of the molecule is CC1(C)Cc2cccc(OCC#CCNC(=O)CCC(=O)c3ccc(Cl)cc3)c2O1. The molecule has 0 bridgehead atoms. The van der Waals surface area contributed by atoms with Crippen molar-refractivity contribution >= 4 is 23.3 Å². The van der Waals surface area contributed by atoms with E-state index in [1.165, 1.54) is 0 Å². The number of hydrogen-bond acceptors (Lipinski definition) is 4. The number of amides is 1. The van der Waals surface area contributed by atoms with Crippen LogP contribution in [0.15, 0.2) is 42.5 Å². The van der Waals surface area contributed by atoms with E-state index in [2.05, 4.69) is 17.2 Å². The lowest BCUT2D eigenvalue weighted by Gasteiger charge is -2.17. The molecule has 0 saturated heterocycles. The predicted octanol–water partition coefficient (Wildman–Crippen LogP) is 4.22. The smallest absolute Gasteiger partial charge is 0.221 e. The van der Waals surface area contributed by atoms with Crippen LogP contribution in [0.5, 0.6) is 11.5 Å². The van der Waals surface area contributed by atoms with Gasteiger partial charge in [0.15, 0.2) is 17.3 Å². The van der Waals surface area contributed by atoms with Crippen molar-refractivity contribution in [1.82, 2.24) is 5.32 Å². The summed E-state index contributed by atoms with van der Waals surface area (Å²) in [5.74, 6) is 6.87. The molecule has 0 spiro atoms. The van der Waals surface area contributed by atoms with Gasteiger partial charge in [0.2, 0.25) is 5.91 Å². The standard InChI is InChI=1S/C24H24ClNO4/c1-24(2)16-18-6-5-7-21(23(18)30-24)29-15-4-3-14-26-22(28)13-12-20(27)17-8-10-19(25)11-9-17/h5-11H,12-16H2,1-2H3,(H,26,28). The highest BCUT2D eigenvalue weighted by molar-refractivity contribution is 6.30. The Balaban J connectivity index is 1.37. The molecule has 5 nitrogen and oxygen atoms in total. The van der Waals surface area contributed by atoms with Crippen LogP contribution in [0.1, 0.15) is 42.6 Å². The first kappa shape index (κ1) is 21.7.